The van der Waals surface area contributed by atoms with Crippen molar-refractivity contribution < 1.29 is 19.1 Å². The van der Waals surface area contributed by atoms with Crippen LogP contribution in [-0.4, -0.2) is 24.0 Å². The number of nitrogens with one attached hydrogen (secondary N) is 2. The number of ether oxygens (including phenoxy) is 1. The van der Waals surface area contributed by atoms with E-state index in [4.69, 9.17) is 16.3 Å². The van der Waals surface area contributed by atoms with Crippen LogP contribution >= 0.6 is 11.6 Å². The number of aryl methyl sites for hydroxylation is 1. The molecule has 0 aliphatic rings. The number of esters is 1. The molecule has 7 nitrogen and oxygen atoms in total. The van der Waals surface area contributed by atoms with Gasteiger partial charge in [-0.1, -0.05) is 47.5 Å². The third-order valence-electron chi connectivity index (χ3n) is 3.99. The molecule has 0 fully saturated rings. The van der Waals surface area contributed by atoms with Crippen molar-refractivity contribution in [2.75, 3.05) is 5.32 Å². The molecule has 0 unspecified atom stereocenters. The minimum Gasteiger partial charge on any atom is -0.423 e. The molecule has 0 aliphatic carbocycles. The third kappa shape index (κ3) is 6.52. The molecule has 0 radical (unpaired) electrons. The first-order valence-corrected chi connectivity index (χ1v) is 9.57. The van der Waals surface area contributed by atoms with Gasteiger partial charge in [-0.3, -0.25) is 9.59 Å². The lowest BCUT2D eigenvalue weighted by Gasteiger charge is -2.06. The van der Waals surface area contributed by atoms with Gasteiger partial charge in [0.25, 0.3) is 0 Å². The number of hydrazone groups is 1. The highest BCUT2D eigenvalue weighted by Gasteiger charge is 2.13. The van der Waals surface area contributed by atoms with E-state index in [1.165, 1.54) is 12.3 Å². The molecule has 0 atom stereocenters. The SMILES string of the molecule is Cc1cccc(C(=O)Oc2cccc(/C=N/NC(=O)C(=O)Nc3cccc(Cl)c3)c2)c1. The average molecular weight is 436 g/mol. The molecular formula is C23H18ClN3O4. The first kappa shape index (κ1) is 21.7. The lowest BCUT2D eigenvalue weighted by molar-refractivity contribution is -0.136. The van der Waals surface area contributed by atoms with Gasteiger partial charge >= 0.3 is 17.8 Å². The zero-order valence-electron chi connectivity index (χ0n) is 16.5. The molecule has 2 amide bonds. The standard InChI is InChI=1S/C23H18ClN3O4/c1-15-5-2-7-17(11-15)23(30)31-20-10-3-6-16(12-20)14-25-27-22(29)21(28)26-19-9-4-8-18(24)13-19/h2-14H,1H3,(H,26,28)(H,27,29)/b25-14+. The van der Waals surface area contributed by atoms with E-state index < -0.39 is 17.8 Å². The van der Waals surface area contributed by atoms with Crippen LogP contribution in [0.4, 0.5) is 5.69 Å². The van der Waals surface area contributed by atoms with Gasteiger partial charge in [0, 0.05) is 10.7 Å². The molecule has 0 bridgehead atoms. The summed E-state index contributed by atoms with van der Waals surface area (Å²) in [5, 5.41) is 6.60. The Balaban J connectivity index is 1.56. The van der Waals surface area contributed by atoms with Crippen molar-refractivity contribution in [3.8, 4) is 5.75 Å². The van der Waals surface area contributed by atoms with Crippen LogP contribution in [0.3, 0.4) is 0 Å². The highest BCUT2D eigenvalue weighted by molar-refractivity contribution is 6.39. The predicted molar refractivity (Wildman–Crippen MR) is 118 cm³/mol. The van der Waals surface area contributed by atoms with Crippen molar-refractivity contribution in [1.82, 2.24) is 5.43 Å². The van der Waals surface area contributed by atoms with Crippen LogP contribution < -0.4 is 15.5 Å². The molecule has 2 N–H and O–H groups in total. The topological polar surface area (TPSA) is 96.9 Å². The Kier molecular flexibility index (Phi) is 7.13. The maximum absolute atomic E-state index is 12.3. The van der Waals surface area contributed by atoms with E-state index in [1.807, 2.05) is 13.0 Å². The number of anilines is 1. The Labute approximate surface area is 183 Å². The van der Waals surface area contributed by atoms with Gasteiger partial charge in [-0.05, 0) is 55.0 Å². The van der Waals surface area contributed by atoms with Gasteiger partial charge in [0.05, 0.1) is 11.8 Å². The van der Waals surface area contributed by atoms with Crippen LogP contribution in [0.1, 0.15) is 21.5 Å². The van der Waals surface area contributed by atoms with Crippen molar-refractivity contribution in [3.05, 3.63) is 94.5 Å². The molecule has 0 aliphatic heterocycles. The molecule has 31 heavy (non-hydrogen) atoms. The van der Waals surface area contributed by atoms with Crippen LogP contribution in [0.2, 0.25) is 5.02 Å². The fourth-order valence-electron chi connectivity index (χ4n) is 2.57. The normalized spacial score (nSPS) is 10.5. The second-order valence-electron chi connectivity index (χ2n) is 6.50. The van der Waals surface area contributed by atoms with E-state index in [2.05, 4.69) is 15.8 Å². The maximum atomic E-state index is 12.3. The van der Waals surface area contributed by atoms with E-state index >= 15 is 0 Å². The second-order valence-corrected chi connectivity index (χ2v) is 6.93. The van der Waals surface area contributed by atoms with Crippen LogP contribution in [0.25, 0.3) is 0 Å². The summed E-state index contributed by atoms with van der Waals surface area (Å²) in [7, 11) is 0. The minimum absolute atomic E-state index is 0.320. The number of nitrogens with zero attached hydrogens (tertiary/aromatic N) is 1. The Morgan fingerprint density at radius 3 is 2.48 bits per heavy atom. The number of halogens is 1. The minimum atomic E-state index is -0.946. The summed E-state index contributed by atoms with van der Waals surface area (Å²) in [4.78, 5) is 36.0. The number of carbonyl (C=O) groups is 3. The first-order chi connectivity index (χ1) is 14.9. The van der Waals surface area contributed by atoms with Crippen molar-refractivity contribution in [2.45, 2.75) is 6.92 Å². The number of hydrogen-bond acceptors (Lipinski definition) is 5. The summed E-state index contributed by atoms with van der Waals surface area (Å²) >= 11 is 5.84. The monoisotopic (exact) mass is 435 g/mol. The quantitative estimate of drug-likeness (QED) is 0.208. The van der Waals surface area contributed by atoms with Gasteiger partial charge in [-0.15, -0.1) is 0 Å². The molecular weight excluding hydrogens is 418 g/mol. The van der Waals surface area contributed by atoms with E-state index in [1.54, 1.807) is 60.7 Å². The smallest absolute Gasteiger partial charge is 0.343 e. The summed E-state index contributed by atoms with van der Waals surface area (Å²) in [6.07, 6.45) is 1.33. The molecule has 3 aromatic rings. The van der Waals surface area contributed by atoms with Crippen molar-refractivity contribution in [1.29, 1.82) is 0 Å². The molecule has 0 aromatic heterocycles. The van der Waals surface area contributed by atoms with Gasteiger partial charge in [0.2, 0.25) is 0 Å². The Morgan fingerprint density at radius 2 is 1.71 bits per heavy atom. The van der Waals surface area contributed by atoms with Crippen LogP contribution in [-0.2, 0) is 9.59 Å². The zero-order chi connectivity index (χ0) is 22.2. The van der Waals surface area contributed by atoms with Gasteiger partial charge in [-0.2, -0.15) is 5.10 Å². The van der Waals surface area contributed by atoms with Crippen molar-refractivity contribution >= 4 is 41.3 Å². The van der Waals surface area contributed by atoms with E-state index in [0.717, 1.165) is 5.56 Å². The summed E-state index contributed by atoms with van der Waals surface area (Å²) in [5.41, 5.74) is 4.48. The Hall–Kier alpha value is -3.97. The third-order valence-corrected chi connectivity index (χ3v) is 4.23. The fourth-order valence-corrected chi connectivity index (χ4v) is 2.76. The molecule has 156 valence electrons. The number of benzene rings is 3. The van der Waals surface area contributed by atoms with Gasteiger partial charge in [0.1, 0.15) is 5.75 Å². The number of amides is 2. The summed E-state index contributed by atoms with van der Waals surface area (Å²) < 4.78 is 5.37. The number of carbonyl (C=O) groups excluding carboxylic acids is 3. The average Bonchev–Trinajstić information content (AvgIpc) is 2.74. The molecule has 3 aromatic carbocycles. The number of rotatable bonds is 5. The highest BCUT2D eigenvalue weighted by atomic mass is 35.5. The van der Waals surface area contributed by atoms with Crippen LogP contribution in [0.5, 0.6) is 5.75 Å². The largest absolute Gasteiger partial charge is 0.423 e. The summed E-state index contributed by atoms with van der Waals surface area (Å²) in [6, 6.07) is 20.1. The Morgan fingerprint density at radius 1 is 0.935 bits per heavy atom. The number of hydrogen-bond donors (Lipinski definition) is 2. The molecule has 8 heteroatoms. The van der Waals surface area contributed by atoms with Gasteiger partial charge < -0.3 is 10.1 Å². The first-order valence-electron chi connectivity index (χ1n) is 9.19. The maximum Gasteiger partial charge on any atom is 0.343 e. The van der Waals surface area contributed by atoms with E-state index in [0.29, 0.717) is 27.6 Å². The van der Waals surface area contributed by atoms with Crippen LogP contribution in [0.15, 0.2) is 77.9 Å². The van der Waals surface area contributed by atoms with Gasteiger partial charge in [-0.25, -0.2) is 10.2 Å². The summed E-state index contributed by atoms with van der Waals surface area (Å²) in [6.45, 7) is 1.89. The second kappa shape index (κ2) is 10.2. The van der Waals surface area contributed by atoms with Crippen molar-refractivity contribution in [2.24, 2.45) is 5.10 Å². The highest BCUT2D eigenvalue weighted by Crippen LogP contribution is 2.16. The van der Waals surface area contributed by atoms with E-state index in [-0.39, 0.29) is 0 Å². The lowest BCUT2D eigenvalue weighted by atomic mass is 10.1. The van der Waals surface area contributed by atoms with Crippen LogP contribution in [0, 0.1) is 6.92 Å². The van der Waals surface area contributed by atoms with Gasteiger partial charge in [0.15, 0.2) is 0 Å². The molecule has 0 heterocycles. The Bertz CT molecular complexity index is 1160. The fraction of sp³-hybridized carbons (Fsp3) is 0.0435. The molecule has 0 saturated carbocycles. The lowest BCUT2D eigenvalue weighted by Crippen LogP contribution is -2.32. The molecule has 3 rings (SSSR count). The molecule has 0 saturated heterocycles. The van der Waals surface area contributed by atoms with Crippen molar-refractivity contribution in [3.63, 3.8) is 0 Å². The zero-order valence-corrected chi connectivity index (χ0v) is 17.2. The summed E-state index contributed by atoms with van der Waals surface area (Å²) in [5.74, 6) is -2.00. The van der Waals surface area contributed by atoms with E-state index in [9.17, 15) is 14.4 Å². The molecule has 0 spiro atoms. The predicted octanol–water partition coefficient (Wildman–Crippen LogP) is 3.96.